The largest absolute Gasteiger partial charge is 0.416 e. The van der Waals surface area contributed by atoms with E-state index in [0.717, 1.165) is 19.0 Å². The molecular weight excluding hydrogens is 265 g/mol. The lowest BCUT2D eigenvalue weighted by Crippen LogP contribution is -2.52. The normalized spacial score (nSPS) is 27.7. The Kier molecular flexibility index (Phi) is 4.28. The Bertz CT molecular complexity index is 459. The maximum atomic E-state index is 12.8. The van der Waals surface area contributed by atoms with Crippen molar-refractivity contribution in [1.82, 2.24) is 5.32 Å². The van der Waals surface area contributed by atoms with Crippen LogP contribution in [0.25, 0.3) is 0 Å². The Labute approximate surface area is 118 Å². The second-order valence-electron chi connectivity index (χ2n) is 5.53. The molecule has 2 nitrogen and oxygen atoms in total. The van der Waals surface area contributed by atoms with Crippen LogP contribution >= 0.6 is 0 Å². The van der Waals surface area contributed by atoms with Crippen molar-refractivity contribution in [3.8, 4) is 0 Å². The van der Waals surface area contributed by atoms with Gasteiger partial charge in [0.05, 0.1) is 5.56 Å². The molecule has 1 aromatic rings. The third kappa shape index (κ3) is 2.92. The molecule has 0 radical (unpaired) electrons. The second kappa shape index (κ2) is 5.64. The van der Waals surface area contributed by atoms with Gasteiger partial charge in [0.15, 0.2) is 0 Å². The van der Waals surface area contributed by atoms with Crippen molar-refractivity contribution in [3.05, 3.63) is 29.8 Å². The Balaban J connectivity index is 2.24. The number of nitrogens with one attached hydrogen (secondary N) is 1. The van der Waals surface area contributed by atoms with E-state index in [-0.39, 0.29) is 6.04 Å². The first-order valence-corrected chi connectivity index (χ1v) is 6.95. The number of hydrogen-bond donors (Lipinski definition) is 1. The van der Waals surface area contributed by atoms with Gasteiger partial charge < -0.3 is 10.2 Å². The highest BCUT2D eigenvalue weighted by Gasteiger charge is 2.34. The van der Waals surface area contributed by atoms with Crippen molar-refractivity contribution >= 4 is 5.69 Å². The number of alkyl halides is 3. The molecule has 3 unspecified atom stereocenters. The number of benzene rings is 1. The number of hydrogen-bond acceptors (Lipinski definition) is 2. The van der Waals surface area contributed by atoms with Gasteiger partial charge in [0, 0.05) is 24.3 Å². The Morgan fingerprint density at radius 2 is 1.95 bits per heavy atom. The molecule has 1 N–H and O–H groups in total. The summed E-state index contributed by atoms with van der Waals surface area (Å²) in [5.41, 5.74) is 0.0827. The first-order chi connectivity index (χ1) is 9.34. The summed E-state index contributed by atoms with van der Waals surface area (Å²) in [4.78, 5) is 2.08. The molecule has 2 rings (SSSR count). The van der Waals surface area contributed by atoms with Gasteiger partial charge in [0.1, 0.15) is 0 Å². The fourth-order valence-electron chi connectivity index (χ4n) is 3.00. The van der Waals surface area contributed by atoms with Gasteiger partial charge in [0.25, 0.3) is 0 Å². The van der Waals surface area contributed by atoms with Gasteiger partial charge in [-0.25, -0.2) is 0 Å². The second-order valence-corrected chi connectivity index (χ2v) is 5.53. The minimum atomic E-state index is -4.28. The van der Waals surface area contributed by atoms with E-state index < -0.39 is 11.7 Å². The van der Waals surface area contributed by atoms with E-state index in [4.69, 9.17) is 0 Å². The van der Waals surface area contributed by atoms with Gasteiger partial charge in [0.2, 0.25) is 0 Å². The van der Waals surface area contributed by atoms with E-state index in [1.807, 2.05) is 7.05 Å². The smallest absolute Gasteiger partial charge is 0.368 e. The van der Waals surface area contributed by atoms with Crippen LogP contribution in [-0.2, 0) is 6.18 Å². The quantitative estimate of drug-likeness (QED) is 0.894. The molecule has 1 heterocycles. The summed E-state index contributed by atoms with van der Waals surface area (Å²) in [6.45, 7) is 5.00. The van der Waals surface area contributed by atoms with Crippen LogP contribution in [0.1, 0.15) is 25.8 Å². The number of piperidine rings is 1. The highest BCUT2D eigenvalue weighted by atomic mass is 19.4. The van der Waals surface area contributed by atoms with Crippen molar-refractivity contribution in [1.29, 1.82) is 0 Å². The summed E-state index contributed by atoms with van der Waals surface area (Å²) in [7, 11) is 1.94. The van der Waals surface area contributed by atoms with E-state index in [2.05, 4.69) is 24.1 Å². The third-order valence-electron chi connectivity index (χ3n) is 4.44. The zero-order valence-electron chi connectivity index (χ0n) is 12.0. The van der Waals surface area contributed by atoms with E-state index in [9.17, 15) is 13.2 Å². The van der Waals surface area contributed by atoms with Gasteiger partial charge in [-0.15, -0.1) is 0 Å². The van der Waals surface area contributed by atoms with Gasteiger partial charge in [-0.3, -0.25) is 0 Å². The van der Waals surface area contributed by atoms with Crippen LogP contribution in [0.4, 0.5) is 18.9 Å². The highest BCUT2D eigenvalue weighted by Crippen LogP contribution is 2.34. The zero-order chi connectivity index (χ0) is 14.9. The van der Waals surface area contributed by atoms with Gasteiger partial charge in [-0.1, -0.05) is 13.0 Å². The number of anilines is 1. The number of halogens is 3. The van der Waals surface area contributed by atoms with Gasteiger partial charge in [-0.2, -0.15) is 13.2 Å². The monoisotopic (exact) mass is 286 g/mol. The highest BCUT2D eigenvalue weighted by molar-refractivity contribution is 5.50. The molecule has 1 saturated heterocycles. The molecule has 0 spiro atoms. The maximum Gasteiger partial charge on any atom is 0.416 e. The fraction of sp³-hybridized carbons (Fsp3) is 0.600. The summed E-state index contributed by atoms with van der Waals surface area (Å²) in [6, 6.07) is 6.26. The Morgan fingerprint density at radius 1 is 1.25 bits per heavy atom. The lowest BCUT2D eigenvalue weighted by Gasteiger charge is -2.44. The molecule has 1 aromatic carbocycles. The zero-order valence-corrected chi connectivity index (χ0v) is 12.0. The van der Waals surface area contributed by atoms with E-state index >= 15 is 0 Å². The van der Waals surface area contributed by atoms with E-state index in [0.29, 0.717) is 17.6 Å². The molecule has 0 saturated carbocycles. The van der Waals surface area contributed by atoms with Crippen LogP contribution in [0, 0.1) is 5.92 Å². The molecule has 1 fully saturated rings. The molecule has 1 aliphatic rings. The maximum absolute atomic E-state index is 12.8. The van der Waals surface area contributed by atoms with E-state index in [1.54, 1.807) is 6.07 Å². The van der Waals surface area contributed by atoms with Crippen molar-refractivity contribution in [2.24, 2.45) is 5.92 Å². The fourth-order valence-corrected chi connectivity index (χ4v) is 3.00. The molecule has 1 aliphatic heterocycles. The molecule has 112 valence electrons. The summed E-state index contributed by atoms with van der Waals surface area (Å²) in [6.07, 6.45) is -3.34. The first kappa shape index (κ1) is 15.2. The lowest BCUT2D eigenvalue weighted by atomic mass is 9.86. The van der Waals surface area contributed by atoms with Crippen LogP contribution in [0.5, 0.6) is 0 Å². The standard InChI is InChI=1S/C15H21F3N2/c1-10-11(2)20(8-7-14(10)19-3)13-6-4-5-12(9-13)15(16,17)18/h4-6,9-11,14,19H,7-8H2,1-3H3. The average Bonchev–Trinajstić information content (AvgIpc) is 2.41. The topological polar surface area (TPSA) is 15.3 Å². The average molecular weight is 286 g/mol. The summed E-state index contributed by atoms with van der Waals surface area (Å²) >= 11 is 0. The van der Waals surface area contributed by atoms with Crippen molar-refractivity contribution < 1.29 is 13.2 Å². The molecule has 0 aromatic heterocycles. The lowest BCUT2D eigenvalue weighted by molar-refractivity contribution is -0.137. The van der Waals surface area contributed by atoms with Crippen LogP contribution in [0.3, 0.4) is 0 Å². The third-order valence-corrected chi connectivity index (χ3v) is 4.44. The van der Waals surface area contributed by atoms with Crippen molar-refractivity contribution in [3.63, 3.8) is 0 Å². The molecule has 0 bridgehead atoms. The molecule has 20 heavy (non-hydrogen) atoms. The summed E-state index contributed by atoms with van der Waals surface area (Å²) < 4.78 is 38.4. The Morgan fingerprint density at radius 3 is 2.55 bits per heavy atom. The van der Waals surface area contributed by atoms with Crippen LogP contribution in [-0.4, -0.2) is 25.7 Å². The summed E-state index contributed by atoms with van der Waals surface area (Å²) in [5, 5.41) is 3.29. The van der Waals surface area contributed by atoms with Crippen molar-refractivity contribution in [2.75, 3.05) is 18.5 Å². The number of rotatable bonds is 2. The van der Waals surface area contributed by atoms with Crippen LogP contribution in [0.2, 0.25) is 0 Å². The minimum absolute atomic E-state index is 0.213. The first-order valence-electron chi connectivity index (χ1n) is 6.95. The minimum Gasteiger partial charge on any atom is -0.368 e. The van der Waals surface area contributed by atoms with Crippen LogP contribution < -0.4 is 10.2 Å². The molecule has 5 heteroatoms. The van der Waals surface area contributed by atoms with Crippen molar-refractivity contribution in [2.45, 2.75) is 38.5 Å². The number of nitrogens with zero attached hydrogens (tertiary/aromatic N) is 1. The predicted octanol–water partition coefficient (Wildman–Crippen LogP) is 3.53. The Hall–Kier alpha value is -1.23. The molecule has 3 atom stereocenters. The molecule has 0 aliphatic carbocycles. The predicted molar refractivity (Wildman–Crippen MR) is 74.9 cm³/mol. The molecule has 0 amide bonds. The van der Waals surface area contributed by atoms with E-state index in [1.165, 1.54) is 12.1 Å². The molecular formula is C15H21F3N2. The van der Waals surface area contributed by atoms with Gasteiger partial charge >= 0.3 is 6.18 Å². The SMILES string of the molecule is CNC1CCN(c2cccc(C(F)(F)F)c2)C(C)C1C. The summed E-state index contributed by atoms with van der Waals surface area (Å²) in [5.74, 6) is 0.392. The van der Waals surface area contributed by atoms with Crippen LogP contribution in [0.15, 0.2) is 24.3 Å². The van der Waals surface area contributed by atoms with Gasteiger partial charge in [-0.05, 0) is 44.5 Å².